The van der Waals surface area contributed by atoms with E-state index in [4.69, 9.17) is 0 Å². The van der Waals surface area contributed by atoms with Crippen molar-refractivity contribution in [1.82, 2.24) is 20.6 Å². The van der Waals surface area contributed by atoms with Gasteiger partial charge in [-0.3, -0.25) is 4.79 Å². The number of hydrogen-bond donors (Lipinski definition) is 3. The zero-order valence-electron chi connectivity index (χ0n) is 9.36. The topological polar surface area (TPSA) is 69.8 Å². The molecule has 1 fully saturated rings. The average Bonchev–Trinajstić information content (AvgIpc) is 2.74. The molecule has 2 aromatic rings. The Morgan fingerprint density at radius 1 is 1.29 bits per heavy atom. The third kappa shape index (κ3) is 2.01. The number of nitrogens with zero attached hydrogens (tertiary/aromatic N) is 1. The molecule has 0 bridgehead atoms. The Bertz CT molecular complexity index is 515. The van der Waals surface area contributed by atoms with Crippen molar-refractivity contribution in [3.8, 4) is 0 Å². The molecular formula is C12H14N4O. The lowest BCUT2D eigenvalue weighted by molar-refractivity contribution is -0.124. The minimum Gasteiger partial charge on any atom is -0.353 e. The number of amides is 1. The summed E-state index contributed by atoms with van der Waals surface area (Å²) in [4.78, 5) is 19.3. The highest BCUT2D eigenvalue weighted by Gasteiger charge is 2.22. The first-order chi connectivity index (χ1) is 8.33. The van der Waals surface area contributed by atoms with Gasteiger partial charge in [0.25, 0.3) is 0 Å². The summed E-state index contributed by atoms with van der Waals surface area (Å²) in [6, 6.07) is 7.70. The molecule has 88 valence electrons. The van der Waals surface area contributed by atoms with Crippen LogP contribution in [0.1, 0.15) is 5.82 Å². The molecule has 0 aliphatic carbocycles. The van der Waals surface area contributed by atoms with Gasteiger partial charge >= 0.3 is 0 Å². The molecule has 1 aliphatic heterocycles. The largest absolute Gasteiger partial charge is 0.353 e. The summed E-state index contributed by atoms with van der Waals surface area (Å²) in [7, 11) is 0. The van der Waals surface area contributed by atoms with Gasteiger partial charge in [-0.1, -0.05) is 12.1 Å². The highest BCUT2D eigenvalue weighted by molar-refractivity contribution is 5.83. The van der Waals surface area contributed by atoms with E-state index in [0.717, 1.165) is 23.4 Å². The molecule has 17 heavy (non-hydrogen) atoms. The van der Waals surface area contributed by atoms with Crippen LogP contribution in [0, 0.1) is 0 Å². The maximum Gasteiger partial charge on any atom is 0.237 e. The summed E-state index contributed by atoms with van der Waals surface area (Å²) in [6.07, 6.45) is 0.598. The second-order valence-electron chi connectivity index (χ2n) is 4.20. The van der Waals surface area contributed by atoms with Crippen LogP contribution < -0.4 is 10.6 Å². The van der Waals surface area contributed by atoms with Gasteiger partial charge in [0.2, 0.25) is 5.91 Å². The van der Waals surface area contributed by atoms with E-state index in [2.05, 4.69) is 20.6 Å². The van der Waals surface area contributed by atoms with E-state index in [1.807, 2.05) is 24.3 Å². The standard InChI is InChI=1S/C12H14N4O/c17-12-10(13-5-6-14-12)7-11-15-8-3-1-2-4-9(8)16-11/h1-4,10,13H,5-7H2,(H,14,17)(H,15,16). The number of hydrogen-bond acceptors (Lipinski definition) is 3. The van der Waals surface area contributed by atoms with Crippen molar-refractivity contribution < 1.29 is 4.79 Å². The van der Waals surface area contributed by atoms with Crippen LogP contribution in [-0.4, -0.2) is 35.0 Å². The molecule has 1 atom stereocenters. The lowest BCUT2D eigenvalue weighted by atomic mass is 10.1. The van der Waals surface area contributed by atoms with Crippen molar-refractivity contribution in [2.75, 3.05) is 13.1 Å². The van der Waals surface area contributed by atoms with Crippen LogP contribution in [-0.2, 0) is 11.2 Å². The fourth-order valence-electron chi connectivity index (χ4n) is 2.11. The predicted octanol–water partition coefficient (Wildman–Crippen LogP) is 0.193. The quantitative estimate of drug-likeness (QED) is 0.690. The minimum atomic E-state index is -0.177. The van der Waals surface area contributed by atoms with Crippen LogP contribution >= 0.6 is 0 Å². The van der Waals surface area contributed by atoms with Crippen LogP contribution in [0.2, 0.25) is 0 Å². The number of carbonyl (C=O) groups excluding carboxylic acids is 1. The Morgan fingerprint density at radius 2 is 2.18 bits per heavy atom. The molecule has 0 spiro atoms. The van der Waals surface area contributed by atoms with Gasteiger partial charge in [0.1, 0.15) is 5.82 Å². The first-order valence-corrected chi connectivity index (χ1v) is 5.77. The van der Waals surface area contributed by atoms with E-state index >= 15 is 0 Å². The number of benzene rings is 1. The van der Waals surface area contributed by atoms with E-state index in [1.165, 1.54) is 0 Å². The van der Waals surface area contributed by atoms with Gasteiger partial charge in [0, 0.05) is 19.5 Å². The Hall–Kier alpha value is -1.88. The van der Waals surface area contributed by atoms with Crippen LogP contribution in [0.3, 0.4) is 0 Å². The molecule has 2 heterocycles. The number of imidazole rings is 1. The van der Waals surface area contributed by atoms with Gasteiger partial charge in [0.15, 0.2) is 0 Å². The monoisotopic (exact) mass is 230 g/mol. The van der Waals surface area contributed by atoms with Crippen molar-refractivity contribution in [3.05, 3.63) is 30.1 Å². The van der Waals surface area contributed by atoms with E-state index < -0.39 is 0 Å². The third-order valence-corrected chi connectivity index (χ3v) is 2.97. The average molecular weight is 230 g/mol. The fourth-order valence-corrected chi connectivity index (χ4v) is 2.11. The van der Waals surface area contributed by atoms with E-state index in [9.17, 15) is 4.79 Å². The molecule has 0 radical (unpaired) electrons. The zero-order chi connectivity index (χ0) is 11.7. The first kappa shape index (κ1) is 10.3. The van der Waals surface area contributed by atoms with Crippen LogP contribution in [0.15, 0.2) is 24.3 Å². The number of carbonyl (C=O) groups is 1. The molecular weight excluding hydrogens is 216 g/mol. The number of nitrogens with one attached hydrogen (secondary N) is 3. The van der Waals surface area contributed by atoms with Crippen molar-refractivity contribution >= 4 is 16.9 Å². The molecule has 3 N–H and O–H groups in total. The lowest BCUT2D eigenvalue weighted by Crippen LogP contribution is -2.53. The van der Waals surface area contributed by atoms with Gasteiger partial charge in [-0.2, -0.15) is 0 Å². The van der Waals surface area contributed by atoms with E-state index in [-0.39, 0.29) is 11.9 Å². The number of aromatic nitrogens is 2. The van der Waals surface area contributed by atoms with Crippen molar-refractivity contribution in [2.45, 2.75) is 12.5 Å². The Balaban J connectivity index is 1.82. The normalized spacial score (nSPS) is 20.5. The zero-order valence-corrected chi connectivity index (χ0v) is 9.36. The highest BCUT2D eigenvalue weighted by Crippen LogP contribution is 2.11. The van der Waals surface area contributed by atoms with Crippen molar-refractivity contribution in [2.24, 2.45) is 0 Å². The first-order valence-electron chi connectivity index (χ1n) is 5.77. The summed E-state index contributed by atoms with van der Waals surface area (Å²) in [5.74, 6) is 0.900. The number of H-pyrrole nitrogens is 1. The highest BCUT2D eigenvalue weighted by atomic mass is 16.2. The number of aromatic amines is 1. The van der Waals surface area contributed by atoms with Crippen LogP contribution in [0.25, 0.3) is 11.0 Å². The van der Waals surface area contributed by atoms with Gasteiger partial charge in [0.05, 0.1) is 17.1 Å². The summed E-state index contributed by atoms with van der Waals surface area (Å²) >= 11 is 0. The van der Waals surface area contributed by atoms with Gasteiger partial charge in [-0.05, 0) is 12.1 Å². The summed E-state index contributed by atoms with van der Waals surface area (Å²) in [6.45, 7) is 1.52. The fraction of sp³-hybridized carbons (Fsp3) is 0.333. The molecule has 3 rings (SSSR count). The maximum atomic E-state index is 11.6. The molecule has 0 saturated carbocycles. The molecule has 5 heteroatoms. The molecule has 1 unspecified atom stereocenters. The minimum absolute atomic E-state index is 0.0525. The number of rotatable bonds is 2. The predicted molar refractivity (Wildman–Crippen MR) is 64.6 cm³/mol. The maximum absolute atomic E-state index is 11.6. The summed E-state index contributed by atoms with van der Waals surface area (Å²) < 4.78 is 0. The molecule has 1 amide bonds. The smallest absolute Gasteiger partial charge is 0.237 e. The van der Waals surface area contributed by atoms with Crippen LogP contribution in [0.5, 0.6) is 0 Å². The molecule has 1 saturated heterocycles. The molecule has 1 aromatic heterocycles. The molecule has 1 aliphatic rings. The molecule has 5 nitrogen and oxygen atoms in total. The van der Waals surface area contributed by atoms with Gasteiger partial charge in [-0.25, -0.2) is 4.98 Å². The Morgan fingerprint density at radius 3 is 3.00 bits per heavy atom. The van der Waals surface area contributed by atoms with Gasteiger partial charge < -0.3 is 15.6 Å². The second-order valence-corrected chi connectivity index (χ2v) is 4.20. The number of para-hydroxylation sites is 2. The third-order valence-electron chi connectivity index (χ3n) is 2.97. The summed E-state index contributed by atoms with van der Waals surface area (Å²) in [5.41, 5.74) is 1.96. The second kappa shape index (κ2) is 4.18. The van der Waals surface area contributed by atoms with E-state index in [0.29, 0.717) is 13.0 Å². The van der Waals surface area contributed by atoms with Crippen molar-refractivity contribution in [3.63, 3.8) is 0 Å². The van der Waals surface area contributed by atoms with Crippen LogP contribution in [0.4, 0.5) is 0 Å². The number of fused-ring (bicyclic) bond motifs is 1. The van der Waals surface area contributed by atoms with Gasteiger partial charge in [-0.15, -0.1) is 0 Å². The number of piperazine rings is 1. The summed E-state index contributed by atoms with van der Waals surface area (Å²) in [5, 5.41) is 6.03. The lowest BCUT2D eigenvalue weighted by Gasteiger charge is -2.22. The molecule has 1 aromatic carbocycles. The van der Waals surface area contributed by atoms with Crippen molar-refractivity contribution in [1.29, 1.82) is 0 Å². The Labute approximate surface area is 98.6 Å². The Kier molecular flexibility index (Phi) is 2.53. The SMILES string of the molecule is O=C1NCCNC1Cc1nc2ccccc2[nH]1. The van der Waals surface area contributed by atoms with E-state index in [1.54, 1.807) is 0 Å².